The van der Waals surface area contributed by atoms with Crippen LogP contribution in [0.3, 0.4) is 0 Å². The summed E-state index contributed by atoms with van der Waals surface area (Å²) >= 11 is 0. The predicted octanol–water partition coefficient (Wildman–Crippen LogP) is 1.62. The maximum Gasteiger partial charge on any atom is 0.329 e. The van der Waals surface area contributed by atoms with Gasteiger partial charge in [-0.2, -0.15) is 5.10 Å². The molecule has 0 aliphatic heterocycles. The zero-order valence-electron chi connectivity index (χ0n) is 12.5. The number of aromatic amines is 1. The number of nitrogens with one attached hydrogen (secondary N) is 1. The van der Waals surface area contributed by atoms with Crippen LogP contribution in [0.25, 0.3) is 21.8 Å². The van der Waals surface area contributed by atoms with Gasteiger partial charge in [0.15, 0.2) is 5.65 Å². The van der Waals surface area contributed by atoms with Gasteiger partial charge in [-0.05, 0) is 16.3 Å². The molecule has 0 radical (unpaired) electrons. The van der Waals surface area contributed by atoms with Crippen molar-refractivity contribution in [1.29, 1.82) is 0 Å². The van der Waals surface area contributed by atoms with Crippen LogP contribution in [0.5, 0.6) is 0 Å². The van der Waals surface area contributed by atoms with Crippen LogP contribution in [0.1, 0.15) is 5.56 Å². The molecular formula is C17H14N4O2. The van der Waals surface area contributed by atoms with Crippen molar-refractivity contribution in [3.05, 3.63) is 75.1 Å². The number of H-pyrrole nitrogens is 1. The fourth-order valence-electron chi connectivity index (χ4n) is 2.81. The molecule has 2 aromatic heterocycles. The number of aromatic nitrogens is 4. The van der Waals surface area contributed by atoms with Gasteiger partial charge in [-0.1, -0.05) is 42.5 Å². The van der Waals surface area contributed by atoms with E-state index >= 15 is 0 Å². The molecule has 4 aromatic rings. The Morgan fingerprint density at radius 3 is 2.70 bits per heavy atom. The van der Waals surface area contributed by atoms with Gasteiger partial charge in [0.05, 0.1) is 6.54 Å². The molecule has 0 spiro atoms. The lowest BCUT2D eigenvalue weighted by Crippen LogP contribution is -2.31. The molecule has 2 heterocycles. The molecule has 4 rings (SSSR count). The molecule has 1 N–H and O–H groups in total. The van der Waals surface area contributed by atoms with E-state index in [9.17, 15) is 9.59 Å². The Kier molecular flexibility index (Phi) is 2.90. The molecule has 0 atom stereocenters. The van der Waals surface area contributed by atoms with E-state index in [1.807, 2.05) is 24.3 Å². The molecule has 23 heavy (non-hydrogen) atoms. The summed E-state index contributed by atoms with van der Waals surface area (Å²) in [6, 6.07) is 14.2. The Balaban J connectivity index is 1.85. The van der Waals surface area contributed by atoms with Crippen LogP contribution in [-0.2, 0) is 13.6 Å². The standard InChI is InChI=1S/C17H14N4O2/c1-20-16(22)14-10-21(19-15(14)18-17(20)23)9-12-7-4-6-11-5-2-3-8-13(11)12/h2-8,10H,9H2,1H3,(H,18,19,23). The Hall–Kier alpha value is -3.15. The predicted molar refractivity (Wildman–Crippen MR) is 88.6 cm³/mol. The lowest BCUT2D eigenvalue weighted by Gasteiger charge is -2.06. The Morgan fingerprint density at radius 2 is 1.83 bits per heavy atom. The van der Waals surface area contributed by atoms with E-state index in [0.717, 1.165) is 20.9 Å². The van der Waals surface area contributed by atoms with Crippen LogP contribution in [0, 0.1) is 0 Å². The quantitative estimate of drug-likeness (QED) is 0.612. The number of benzene rings is 2. The molecular weight excluding hydrogens is 292 g/mol. The fraction of sp³-hybridized carbons (Fsp3) is 0.118. The normalized spacial score (nSPS) is 11.3. The summed E-state index contributed by atoms with van der Waals surface area (Å²) in [6.07, 6.45) is 1.68. The molecule has 0 aliphatic carbocycles. The maximum absolute atomic E-state index is 12.1. The van der Waals surface area contributed by atoms with Gasteiger partial charge in [-0.15, -0.1) is 0 Å². The summed E-state index contributed by atoms with van der Waals surface area (Å²) in [5.41, 5.74) is 0.624. The lowest BCUT2D eigenvalue weighted by molar-refractivity contribution is 0.695. The Bertz CT molecular complexity index is 1150. The smallest absolute Gasteiger partial charge is 0.290 e. The highest BCUT2D eigenvalue weighted by atomic mass is 16.2. The molecule has 0 bridgehead atoms. The van der Waals surface area contributed by atoms with Gasteiger partial charge in [0, 0.05) is 13.2 Å². The monoisotopic (exact) mass is 306 g/mol. The van der Waals surface area contributed by atoms with E-state index in [1.165, 1.54) is 7.05 Å². The number of hydrogen-bond donors (Lipinski definition) is 1. The van der Waals surface area contributed by atoms with Crippen LogP contribution < -0.4 is 11.2 Å². The van der Waals surface area contributed by atoms with Crippen LogP contribution in [-0.4, -0.2) is 19.3 Å². The second-order valence-electron chi connectivity index (χ2n) is 5.52. The minimum atomic E-state index is -0.460. The van der Waals surface area contributed by atoms with Crippen LogP contribution >= 0.6 is 0 Å². The zero-order chi connectivity index (χ0) is 16.0. The first-order chi connectivity index (χ1) is 11.1. The average molecular weight is 306 g/mol. The first-order valence-electron chi connectivity index (χ1n) is 7.26. The molecule has 0 aliphatic rings. The summed E-state index contributed by atoms with van der Waals surface area (Å²) in [5.74, 6) is 0. The van der Waals surface area contributed by atoms with Gasteiger partial charge in [0.2, 0.25) is 0 Å². The molecule has 0 fully saturated rings. The molecule has 0 unspecified atom stereocenters. The van der Waals surface area contributed by atoms with E-state index < -0.39 is 5.69 Å². The van der Waals surface area contributed by atoms with E-state index in [0.29, 0.717) is 17.6 Å². The topological polar surface area (TPSA) is 72.7 Å². The van der Waals surface area contributed by atoms with Gasteiger partial charge in [-0.25, -0.2) is 4.79 Å². The Labute approximate surface area is 130 Å². The molecule has 0 saturated heterocycles. The van der Waals surface area contributed by atoms with Crippen molar-refractivity contribution >= 4 is 21.8 Å². The maximum atomic E-state index is 12.1. The number of rotatable bonds is 2. The van der Waals surface area contributed by atoms with E-state index in [2.05, 4.69) is 28.3 Å². The summed E-state index contributed by atoms with van der Waals surface area (Å²) in [4.78, 5) is 26.4. The van der Waals surface area contributed by atoms with Crippen molar-refractivity contribution in [2.24, 2.45) is 7.05 Å². The minimum absolute atomic E-state index is 0.318. The van der Waals surface area contributed by atoms with Crippen molar-refractivity contribution in [2.75, 3.05) is 0 Å². The molecule has 114 valence electrons. The van der Waals surface area contributed by atoms with Crippen molar-refractivity contribution in [1.82, 2.24) is 19.3 Å². The van der Waals surface area contributed by atoms with Crippen molar-refractivity contribution in [2.45, 2.75) is 6.54 Å². The first-order valence-corrected chi connectivity index (χ1v) is 7.26. The SMILES string of the molecule is Cn1c(=O)[nH]c2nn(Cc3cccc4ccccc34)cc2c1=O. The summed E-state index contributed by atoms with van der Waals surface area (Å²) in [6.45, 7) is 0.529. The summed E-state index contributed by atoms with van der Waals surface area (Å²) < 4.78 is 2.73. The van der Waals surface area contributed by atoms with Gasteiger partial charge in [0.25, 0.3) is 5.56 Å². The van der Waals surface area contributed by atoms with Gasteiger partial charge < -0.3 is 0 Å². The molecule has 2 aromatic carbocycles. The molecule has 0 amide bonds. The summed E-state index contributed by atoms with van der Waals surface area (Å²) in [5, 5.41) is 7.04. The summed E-state index contributed by atoms with van der Waals surface area (Å²) in [7, 11) is 1.45. The fourth-order valence-corrected chi connectivity index (χ4v) is 2.81. The van der Waals surface area contributed by atoms with Crippen molar-refractivity contribution in [3.8, 4) is 0 Å². The Morgan fingerprint density at radius 1 is 1.04 bits per heavy atom. The van der Waals surface area contributed by atoms with Crippen molar-refractivity contribution in [3.63, 3.8) is 0 Å². The van der Waals surface area contributed by atoms with Crippen LogP contribution in [0.4, 0.5) is 0 Å². The lowest BCUT2D eigenvalue weighted by atomic mass is 10.0. The highest BCUT2D eigenvalue weighted by Crippen LogP contribution is 2.19. The zero-order valence-corrected chi connectivity index (χ0v) is 12.5. The third-order valence-corrected chi connectivity index (χ3v) is 4.04. The van der Waals surface area contributed by atoms with E-state index in [1.54, 1.807) is 10.9 Å². The van der Waals surface area contributed by atoms with Gasteiger partial charge >= 0.3 is 5.69 Å². The van der Waals surface area contributed by atoms with Crippen molar-refractivity contribution < 1.29 is 0 Å². The largest absolute Gasteiger partial charge is 0.329 e. The molecule has 0 saturated carbocycles. The first kappa shape index (κ1) is 13.5. The third kappa shape index (κ3) is 2.15. The third-order valence-electron chi connectivity index (χ3n) is 4.04. The van der Waals surface area contributed by atoms with E-state index in [4.69, 9.17) is 0 Å². The minimum Gasteiger partial charge on any atom is -0.290 e. The highest BCUT2D eigenvalue weighted by Gasteiger charge is 2.10. The number of fused-ring (bicyclic) bond motifs is 2. The molecule has 6 nitrogen and oxygen atoms in total. The van der Waals surface area contributed by atoms with Crippen LogP contribution in [0.15, 0.2) is 58.3 Å². The average Bonchev–Trinajstić information content (AvgIpc) is 2.96. The second kappa shape index (κ2) is 4.95. The highest BCUT2D eigenvalue weighted by molar-refractivity contribution is 5.85. The molecule has 6 heteroatoms. The second-order valence-corrected chi connectivity index (χ2v) is 5.52. The van der Waals surface area contributed by atoms with Gasteiger partial charge in [0.1, 0.15) is 5.39 Å². The number of nitrogens with zero attached hydrogens (tertiary/aromatic N) is 3. The van der Waals surface area contributed by atoms with Crippen LogP contribution in [0.2, 0.25) is 0 Å². The number of hydrogen-bond acceptors (Lipinski definition) is 3. The van der Waals surface area contributed by atoms with E-state index in [-0.39, 0.29) is 5.56 Å². The van der Waals surface area contributed by atoms with Gasteiger partial charge in [-0.3, -0.25) is 19.0 Å².